The molecule has 4 rings (SSSR count). The molecule has 2 atom stereocenters. The predicted molar refractivity (Wildman–Crippen MR) is 113 cm³/mol. The maximum Gasteiger partial charge on any atom is 0.246 e. The molecule has 0 aliphatic carbocycles. The van der Waals surface area contributed by atoms with Gasteiger partial charge >= 0.3 is 0 Å². The normalized spacial score (nSPS) is 17.9. The minimum absolute atomic E-state index is 0.156. The summed E-state index contributed by atoms with van der Waals surface area (Å²) in [5.41, 5.74) is 2.99. The Balaban J connectivity index is 1.42. The van der Waals surface area contributed by atoms with Crippen LogP contribution >= 0.6 is 0 Å². The average molecular weight is 409 g/mol. The summed E-state index contributed by atoms with van der Waals surface area (Å²) < 4.78 is 10.7. The number of carbonyl (C=O) groups is 2. The highest BCUT2D eigenvalue weighted by molar-refractivity contribution is 5.98. The Hall–Kier alpha value is -3.06. The van der Waals surface area contributed by atoms with Gasteiger partial charge in [-0.2, -0.15) is 0 Å². The van der Waals surface area contributed by atoms with Crippen molar-refractivity contribution < 1.29 is 19.1 Å². The first-order chi connectivity index (χ1) is 14.5. The molecule has 2 aliphatic heterocycles. The van der Waals surface area contributed by atoms with E-state index in [1.165, 1.54) is 11.1 Å². The molecule has 158 valence electrons. The molecule has 0 fully saturated rings. The van der Waals surface area contributed by atoms with E-state index in [2.05, 4.69) is 22.0 Å². The zero-order valence-corrected chi connectivity index (χ0v) is 17.2. The highest BCUT2D eigenvalue weighted by Crippen LogP contribution is 2.34. The van der Waals surface area contributed by atoms with Gasteiger partial charge in [-0.3, -0.25) is 9.59 Å². The Morgan fingerprint density at radius 3 is 2.67 bits per heavy atom. The molecular weight excluding hydrogens is 382 g/mol. The third-order valence-electron chi connectivity index (χ3n) is 5.38. The van der Waals surface area contributed by atoms with E-state index in [0.717, 1.165) is 0 Å². The summed E-state index contributed by atoms with van der Waals surface area (Å²) in [5, 5.41) is 9.12. The van der Waals surface area contributed by atoms with Crippen molar-refractivity contribution >= 4 is 17.5 Å². The number of carbonyl (C=O) groups excluding carboxylic acids is 2. The maximum absolute atomic E-state index is 12.9. The van der Waals surface area contributed by atoms with E-state index in [-0.39, 0.29) is 30.6 Å². The van der Waals surface area contributed by atoms with E-state index in [9.17, 15) is 9.59 Å². The van der Waals surface area contributed by atoms with E-state index in [0.29, 0.717) is 36.6 Å². The number of rotatable bonds is 6. The van der Waals surface area contributed by atoms with Gasteiger partial charge in [-0.15, -0.1) is 0 Å². The van der Waals surface area contributed by atoms with Crippen molar-refractivity contribution in [1.82, 2.24) is 10.6 Å². The van der Waals surface area contributed by atoms with Crippen LogP contribution in [0.5, 0.6) is 11.5 Å². The van der Waals surface area contributed by atoms with Gasteiger partial charge in [-0.25, -0.2) is 0 Å². The summed E-state index contributed by atoms with van der Waals surface area (Å²) in [7, 11) is 0. The molecule has 0 bridgehead atoms. The van der Waals surface area contributed by atoms with Crippen LogP contribution in [0.1, 0.15) is 31.4 Å². The van der Waals surface area contributed by atoms with E-state index in [1.54, 1.807) is 18.2 Å². The molecule has 2 aliphatic rings. The number of anilines is 1. The van der Waals surface area contributed by atoms with Crippen LogP contribution in [0, 0.1) is 5.92 Å². The van der Waals surface area contributed by atoms with Crippen molar-refractivity contribution in [3.05, 3.63) is 53.6 Å². The number of hydrogen-bond donors (Lipinski definition) is 3. The van der Waals surface area contributed by atoms with E-state index in [1.807, 2.05) is 32.0 Å². The molecule has 30 heavy (non-hydrogen) atoms. The number of ether oxygens (including phenoxy) is 2. The predicted octanol–water partition coefficient (Wildman–Crippen LogP) is 2.60. The first kappa shape index (κ1) is 20.2. The Morgan fingerprint density at radius 1 is 1.10 bits per heavy atom. The Labute approximate surface area is 176 Å². The van der Waals surface area contributed by atoms with Gasteiger partial charge in [-0.1, -0.05) is 38.1 Å². The molecule has 0 unspecified atom stereocenters. The zero-order chi connectivity index (χ0) is 21.1. The van der Waals surface area contributed by atoms with Crippen molar-refractivity contribution in [2.45, 2.75) is 45.3 Å². The van der Waals surface area contributed by atoms with Gasteiger partial charge in [-0.05, 0) is 42.0 Å². The topological polar surface area (TPSA) is 88.7 Å². The lowest BCUT2D eigenvalue weighted by atomic mass is 9.95. The summed E-state index contributed by atoms with van der Waals surface area (Å²) >= 11 is 0. The number of benzene rings is 2. The van der Waals surface area contributed by atoms with Gasteiger partial charge in [0.2, 0.25) is 18.6 Å². The molecule has 2 heterocycles. The van der Waals surface area contributed by atoms with Crippen LogP contribution < -0.4 is 25.4 Å². The first-order valence-electron chi connectivity index (χ1n) is 10.3. The van der Waals surface area contributed by atoms with Crippen LogP contribution in [-0.2, 0) is 22.6 Å². The van der Waals surface area contributed by atoms with E-state index in [4.69, 9.17) is 9.47 Å². The summed E-state index contributed by atoms with van der Waals surface area (Å²) in [5.74, 6) is 1.10. The van der Waals surface area contributed by atoms with Crippen LogP contribution in [0.25, 0.3) is 0 Å². The van der Waals surface area contributed by atoms with Crippen LogP contribution in [-0.4, -0.2) is 30.7 Å². The number of hydrogen-bond acceptors (Lipinski definition) is 5. The second-order valence-electron chi connectivity index (χ2n) is 8.15. The molecular formula is C23H27N3O4. The minimum Gasteiger partial charge on any atom is -0.454 e. The molecule has 0 saturated carbocycles. The molecule has 7 nitrogen and oxygen atoms in total. The lowest BCUT2D eigenvalue weighted by Gasteiger charge is -2.28. The summed E-state index contributed by atoms with van der Waals surface area (Å²) in [6, 6.07) is 12.4. The molecule has 0 aromatic heterocycles. The first-order valence-corrected chi connectivity index (χ1v) is 10.3. The van der Waals surface area contributed by atoms with Gasteiger partial charge in [0.15, 0.2) is 11.5 Å². The summed E-state index contributed by atoms with van der Waals surface area (Å²) in [6.07, 6.45) is 1.16. The fraction of sp³-hybridized carbons (Fsp3) is 0.391. The summed E-state index contributed by atoms with van der Waals surface area (Å²) in [4.78, 5) is 25.9. The van der Waals surface area contributed by atoms with Crippen LogP contribution in [0.2, 0.25) is 0 Å². The monoisotopic (exact) mass is 409 g/mol. The largest absolute Gasteiger partial charge is 0.454 e. The molecule has 2 aromatic rings. The Bertz CT molecular complexity index is 944. The third kappa shape index (κ3) is 4.57. The lowest BCUT2D eigenvalue weighted by molar-refractivity contribution is -0.128. The number of amides is 2. The van der Waals surface area contributed by atoms with Gasteiger partial charge in [0.25, 0.3) is 0 Å². The highest BCUT2D eigenvalue weighted by Gasteiger charge is 2.29. The van der Waals surface area contributed by atoms with Gasteiger partial charge in [0, 0.05) is 18.3 Å². The molecule has 0 radical (unpaired) electrons. The van der Waals surface area contributed by atoms with Crippen molar-refractivity contribution in [2.24, 2.45) is 5.92 Å². The second kappa shape index (κ2) is 8.75. The van der Waals surface area contributed by atoms with Crippen molar-refractivity contribution in [2.75, 3.05) is 12.1 Å². The van der Waals surface area contributed by atoms with Gasteiger partial charge in [0.05, 0.1) is 6.04 Å². The standard InChI is InChI=1S/C23H27N3O4/c1-14(2)9-19(23(28)25-17-7-8-20-21(11-17)30-13-29-20)26-22(27)18-10-15-5-3-4-6-16(15)12-24-18/h3-8,11,14,18-19,24H,9-10,12-13H2,1-2H3,(H,25,28)(H,26,27)/t18-,19-/m1/s1. The van der Waals surface area contributed by atoms with Crippen molar-refractivity contribution in [3.63, 3.8) is 0 Å². The number of nitrogens with one attached hydrogen (secondary N) is 3. The highest BCUT2D eigenvalue weighted by atomic mass is 16.7. The van der Waals surface area contributed by atoms with Crippen molar-refractivity contribution in [1.29, 1.82) is 0 Å². The number of fused-ring (bicyclic) bond motifs is 2. The lowest BCUT2D eigenvalue weighted by Crippen LogP contribution is -2.53. The maximum atomic E-state index is 12.9. The fourth-order valence-corrected chi connectivity index (χ4v) is 3.82. The average Bonchev–Trinajstić information content (AvgIpc) is 3.20. The van der Waals surface area contributed by atoms with Crippen LogP contribution in [0.3, 0.4) is 0 Å². The molecule has 7 heteroatoms. The molecule has 3 N–H and O–H groups in total. The second-order valence-corrected chi connectivity index (χ2v) is 8.15. The van der Waals surface area contributed by atoms with Crippen LogP contribution in [0.15, 0.2) is 42.5 Å². The van der Waals surface area contributed by atoms with Gasteiger partial charge < -0.3 is 25.4 Å². The SMILES string of the molecule is CC(C)C[C@@H](NC(=O)[C@H]1Cc2ccccc2CN1)C(=O)Nc1ccc2c(c1)OCO2. The third-order valence-corrected chi connectivity index (χ3v) is 5.38. The summed E-state index contributed by atoms with van der Waals surface area (Å²) in [6.45, 7) is 4.88. The molecule has 0 saturated heterocycles. The molecule has 2 aromatic carbocycles. The minimum atomic E-state index is -0.623. The Morgan fingerprint density at radius 2 is 1.87 bits per heavy atom. The molecule has 2 amide bonds. The van der Waals surface area contributed by atoms with Gasteiger partial charge in [0.1, 0.15) is 6.04 Å². The van der Waals surface area contributed by atoms with E-state index >= 15 is 0 Å². The Kier molecular flexibility index (Phi) is 5.90. The molecule has 0 spiro atoms. The van der Waals surface area contributed by atoms with Crippen LogP contribution in [0.4, 0.5) is 5.69 Å². The van der Waals surface area contributed by atoms with E-state index < -0.39 is 6.04 Å². The smallest absolute Gasteiger partial charge is 0.246 e. The quantitative estimate of drug-likeness (QED) is 0.683. The fourth-order valence-electron chi connectivity index (χ4n) is 3.82. The van der Waals surface area contributed by atoms with Crippen molar-refractivity contribution in [3.8, 4) is 11.5 Å². The zero-order valence-electron chi connectivity index (χ0n) is 17.2.